The second-order valence-corrected chi connectivity index (χ2v) is 1.54. The summed E-state index contributed by atoms with van der Waals surface area (Å²) in [6.45, 7) is 0. The first-order valence-electron chi connectivity index (χ1n) is 0.783. The summed E-state index contributed by atoms with van der Waals surface area (Å²) in [6.07, 6.45) is 0. The molecule has 4 nitrogen and oxygen atoms in total. The summed E-state index contributed by atoms with van der Waals surface area (Å²) in [4.78, 5) is 21.6. The van der Waals surface area contributed by atoms with Gasteiger partial charge < -0.3 is 14.7 Å². The maximum Gasteiger partial charge on any atom is 2.00 e. The average molecular weight is 217 g/mol. The molecule has 8 heavy (non-hydrogen) atoms. The molecule has 0 aliphatic heterocycles. The summed E-state index contributed by atoms with van der Waals surface area (Å²) in [6, 6.07) is 0. The third-order valence-electron chi connectivity index (χ3n) is 0. The van der Waals surface area contributed by atoms with Crippen molar-refractivity contribution in [2.75, 3.05) is 0 Å². The molecule has 0 radical (unpaired) electrons. The van der Waals surface area contributed by atoms with Crippen molar-refractivity contribution in [3.63, 3.8) is 0 Å². The maximum atomic E-state index is 8.88. The van der Waals surface area contributed by atoms with E-state index in [0.29, 0.717) is 0 Å². The SMILES string of the molecule is O=P(O)(O)O.[Li+].[Mg+2].[Sr+2]. The monoisotopic (exact) mass is 217 g/mol. The van der Waals surface area contributed by atoms with Crippen LogP contribution in [-0.2, 0) is 4.57 Å². The second kappa shape index (κ2) is 9.95. The first-order valence-corrected chi connectivity index (χ1v) is 2.35. The largest absolute Gasteiger partial charge is 2.00 e. The number of hydrogen-bond donors (Lipinski definition) is 3. The van der Waals surface area contributed by atoms with Gasteiger partial charge >= 0.3 is 95.2 Å². The Balaban J connectivity index is -0.0000000267. The quantitative estimate of drug-likeness (QED) is 0.281. The first kappa shape index (κ1) is 22.4. The molecule has 0 aromatic rings. The van der Waals surface area contributed by atoms with E-state index >= 15 is 0 Å². The number of hydrogen-bond acceptors (Lipinski definition) is 1. The van der Waals surface area contributed by atoms with Crippen molar-refractivity contribution >= 4 is 76.4 Å². The van der Waals surface area contributed by atoms with Crippen LogP contribution in [0.3, 0.4) is 0 Å². The molecule has 0 saturated carbocycles. The minimum Gasteiger partial charge on any atom is -0.303 e. The van der Waals surface area contributed by atoms with Gasteiger partial charge in [-0.25, -0.2) is 4.57 Å². The fraction of sp³-hybridized carbons (Fsp3) is 0. The van der Waals surface area contributed by atoms with E-state index in [1.54, 1.807) is 0 Å². The van der Waals surface area contributed by atoms with Gasteiger partial charge in [0.2, 0.25) is 0 Å². The molecular weight excluding hydrogens is 214 g/mol. The Morgan fingerprint density at radius 3 is 1.12 bits per heavy atom. The van der Waals surface area contributed by atoms with E-state index in [0.717, 1.165) is 0 Å². The van der Waals surface area contributed by atoms with Crippen molar-refractivity contribution in [3.05, 3.63) is 0 Å². The van der Waals surface area contributed by atoms with Gasteiger partial charge in [-0.15, -0.1) is 0 Å². The van der Waals surface area contributed by atoms with E-state index in [1.165, 1.54) is 0 Å². The van der Waals surface area contributed by atoms with Crippen molar-refractivity contribution in [2.24, 2.45) is 0 Å². The molecule has 3 N–H and O–H groups in total. The molecule has 0 spiro atoms. The van der Waals surface area contributed by atoms with Crippen LogP contribution in [0.5, 0.6) is 0 Å². The molecule has 0 aliphatic rings. The normalized spacial score (nSPS) is 7.38. The van der Waals surface area contributed by atoms with Crippen molar-refractivity contribution in [1.29, 1.82) is 0 Å². The molecule has 32 valence electrons. The van der Waals surface area contributed by atoms with E-state index in [9.17, 15) is 0 Å². The summed E-state index contributed by atoms with van der Waals surface area (Å²) in [5.74, 6) is 0. The van der Waals surface area contributed by atoms with Gasteiger partial charge in [-0.2, -0.15) is 0 Å². The Labute approximate surface area is 112 Å². The van der Waals surface area contributed by atoms with Crippen LogP contribution in [0.25, 0.3) is 0 Å². The van der Waals surface area contributed by atoms with Gasteiger partial charge in [-0.1, -0.05) is 0 Å². The zero-order chi connectivity index (χ0) is 4.50. The smallest absolute Gasteiger partial charge is 0.303 e. The first-order chi connectivity index (χ1) is 2.00. The molecule has 0 saturated heterocycles. The fourth-order valence-electron chi connectivity index (χ4n) is 0. The zero-order valence-electron chi connectivity index (χ0n) is 4.61. The summed E-state index contributed by atoms with van der Waals surface area (Å²) in [5, 5.41) is 0. The molecule has 0 fully saturated rings. The van der Waals surface area contributed by atoms with Gasteiger partial charge in [-0.3, -0.25) is 0 Å². The van der Waals surface area contributed by atoms with Gasteiger partial charge in [0.15, 0.2) is 0 Å². The van der Waals surface area contributed by atoms with Gasteiger partial charge in [0.1, 0.15) is 0 Å². The van der Waals surface area contributed by atoms with E-state index < -0.39 is 7.82 Å². The molecule has 0 aromatic heterocycles. The van der Waals surface area contributed by atoms with E-state index in [4.69, 9.17) is 19.2 Å². The van der Waals surface area contributed by atoms with Crippen LogP contribution >= 0.6 is 7.82 Å². The van der Waals surface area contributed by atoms with Gasteiger partial charge in [-0.05, 0) is 0 Å². The molecule has 0 unspecified atom stereocenters. The Hall–Kier alpha value is 2.95. The Kier molecular flexibility index (Phi) is 27.9. The molecular formula is H3LiMgO4PSr+5. The van der Waals surface area contributed by atoms with Crippen LogP contribution < -0.4 is 18.9 Å². The predicted octanol–water partition coefficient (Wildman–Crippen LogP) is -4.69. The molecule has 0 bridgehead atoms. The third-order valence-corrected chi connectivity index (χ3v) is 0. The number of rotatable bonds is 0. The third kappa shape index (κ3) is 64.9. The summed E-state index contributed by atoms with van der Waals surface area (Å²) in [5.41, 5.74) is 0. The van der Waals surface area contributed by atoms with Crippen LogP contribution in [0.1, 0.15) is 0 Å². The maximum absolute atomic E-state index is 8.88. The van der Waals surface area contributed by atoms with Gasteiger partial charge in [0.05, 0.1) is 0 Å². The van der Waals surface area contributed by atoms with Crippen LogP contribution in [0.15, 0.2) is 0 Å². The van der Waals surface area contributed by atoms with Gasteiger partial charge in [0.25, 0.3) is 0 Å². The van der Waals surface area contributed by atoms with Crippen LogP contribution in [-0.4, -0.2) is 83.2 Å². The number of phosphoric acid groups is 1. The summed E-state index contributed by atoms with van der Waals surface area (Å²) in [7, 11) is -4.64. The fourth-order valence-corrected chi connectivity index (χ4v) is 0. The zero-order valence-corrected chi connectivity index (χ0v) is 10.4. The molecule has 0 aliphatic carbocycles. The van der Waals surface area contributed by atoms with Crippen LogP contribution in [0, 0.1) is 0 Å². The molecule has 0 atom stereocenters. The Bertz CT molecular complexity index is 62.2. The standard InChI is InChI=1S/Li.Mg.H3O4P.Sr/c;;1-5(2,3)4;/h;;(H3,1,2,3,4);/q+1;+2;;+2. The minimum atomic E-state index is -4.64. The van der Waals surface area contributed by atoms with Crippen molar-refractivity contribution in [1.82, 2.24) is 0 Å². The Morgan fingerprint density at radius 1 is 1.12 bits per heavy atom. The Morgan fingerprint density at radius 2 is 1.12 bits per heavy atom. The van der Waals surface area contributed by atoms with Crippen LogP contribution in [0.2, 0.25) is 0 Å². The van der Waals surface area contributed by atoms with E-state index in [1.807, 2.05) is 0 Å². The molecule has 0 heterocycles. The van der Waals surface area contributed by atoms with Crippen LogP contribution in [0.4, 0.5) is 0 Å². The predicted molar refractivity (Wildman–Crippen MR) is 25.8 cm³/mol. The second-order valence-electron chi connectivity index (χ2n) is 0.513. The van der Waals surface area contributed by atoms with E-state index in [-0.39, 0.29) is 87.4 Å². The summed E-state index contributed by atoms with van der Waals surface area (Å²) < 4.78 is 8.88. The molecule has 0 aromatic carbocycles. The summed E-state index contributed by atoms with van der Waals surface area (Å²) >= 11 is 0. The molecule has 0 rings (SSSR count). The average Bonchev–Trinajstić information content (AvgIpc) is 0.722. The molecule has 8 heteroatoms. The van der Waals surface area contributed by atoms with Crippen molar-refractivity contribution in [3.8, 4) is 0 Å². The topological polar surface area (TPSA) is 77.8 Å². The van der Waals surface area contributed by atoms with E-state index in [2.05, 4.69) is 0 Å². The van der Waals surface area contributed by atoms with Crippen molar-refractivity contribution in [2.45, 2.75) is 0 Å². The molecule has 0 amide bonds. The van der Waals surface area contributed by atoms with Crippen molar-refractivity contribution < 1.29 is 38.1 Å². The minimum absolute atomic E-state index is 0. The van der Waals surface area contributed by atoms with Gasteiger partial charge in [0, 0.05) is 0 Å².